The molecule has 1 heterocycles. The smallest absolute Gasteiger partial charge is 0.262 e. The second-order valence-electron chi connectivity index (χ2n) is 5.83. The van der Waals surface area contributed by atoms with E-state index in [1.54, 1.807) is 48.5 Å². The first-order chi connectivity index (χ1) is 12.9. The lowest BCUT2D eigenvalue weighted by Gasteiger charge is -2.09. The van der Waals surface area contributed by atoms with Crippen molar-refractivity contribution in [3.05, 3.63) is 77.6 Å². The summed E-state index contributed by atoms with van der Waals surface area (Å²) in [5.41, 5.74) is 1.61. The van der Waals surface area contributed by atoms with Crippen LogP contribution in [0.5, 0.6) is 0 Å². The quantitative estimate of drug-likeness (QED) is 0.514. The molecule has 0 amide bonds. The van der Waals surface area contributed by atoms with E-state index in [0.29, 0.717) is 27.4 Å². The number of hydrogen-bond acceptors (Lipinski definition) is 3. The fraction of sp³-hybridized carbons (Fsp3) is 0. The third kappa shape index (κ3) is 3.39. The Hall–Kier alpha value is -2.90. The van der Waals surface area contributed by atoms with Crippen LogP contribution in [-0.4, -0.2) is 18.4 Å². The van der Waals surface area contributed by atoms with E-state index in [-0.39, 0.29) is 10.6 Å². The van der Waals surface area contributed by atoms with Gasteiger partial charge in [-0.3, -0.25) is 4.72 Å². The Bertz CT molecular complexity index is 1250. The van der Waals surface area contributed by atoms with Gasteiger partial charge < -0.3 is 4.98 Å². The van der Waals surface area contributed by atoms with Crippen molar-refractivity contribution in [3.8, 4) is 11.4 Å². The molecule has 4 aromatic rings. The first-order valence-electron chi connectivity index (χ1n) is 7.96. The summed E-state index contributed by atoms with van der Waals surface area (Å²) in [6, 6.07) is 17.3. The van der Waals surface area contributed by atoms with Crippen molar-refractivity contribution in [1.82, 2.24) is 9.97 Å². The van der Waals surface area contributed by atoms with E-state index in [2.05, 4.69) is 14.7 Å². The molecule has 3 aromatic carbocycles. The van der Waals surface area contributed by atoms with Crippen molar-refractivity contribution in [2.24, 2.45) is 0 Å². The van der Waals surface area contributed by atoms with Crippen LogP contribution in [0.15, 0.2) is 71.6 Å². The van der Waals surface area contributed by atoms with Crippen LogP contribution >= 0.6 is 11.6 Å². The molecule has 0 saturated heterocycles. The molecule has 27 heavy (non-hydrogen) atoms. The molecule has 2 N–H and O–H groups in total. The van der Waals surface area contributed by atoms with Crippen molar-refractivity contribution < 1.29 is 12.8 Å². The van der Waals surface area contributed by atoms with Gasteiger partial charge >= 0.3 is 0 Å². The van der Waals surface area contributed by atoms with E-state index >= 15 is 0 Å². The largest absolute Gasteiger partial charge is 0.338 e. The summed E-state index contributed by atoms with van der Waals surface area (Å²) in [6.45, 7) is 0. The molecule has 0 spiro atoms. The van der Waals surface area contributed by atoms with Gasteiger partial charge in [-0.05, 0) is 42.5 Å². The molecular weight excluding hydrogens is 389 g/mol. The summed E-state index contributed by atoms with van der Waals surface area (Å²) in [5, 5.41) is 0.295. The van der Waals surface area contributed by atoms with Crippen LogP contribution in [-0.2, 0) is 10.0 Å². The highest BCUT2D eigenvalue weighted by atomic mass is 35.5. The highest BCUT2D eigenvalue weighted by molar-refractivity contribution is 7.92. The zero-order valence-corrected chi connectivity index (χ0v) is 15.4. The lowest BCUT2D eigenvalue weighted by molar-refractivity contribution is 0.601. The zero-order valence-electron chi connectivity index (χ0n) is 13.8. The van der Waals surface area contributed by atoms with Crippen molar-refractivity contribution in [1.29, 1.82) is 0 Å². The summed E-state index contributed by atoms with van der Waals surface area (Å²) in [4.78, 5) is 7.36. The standard InChI is InChI=1S/C19H13ClFN3O2S/c20-14-6-2-4-8-16(14)24-27(25,26)12-9-10-17-18(11-12)23-19(22-17)13-5-1-3-7-15(13)21/h1-11,24H,(H,22,23). The average Bonchev–Trinajstić information content (AvgIpc) is 3.07. The lowest BCUT2D eigenvalue weighted by atomic mass is 10.2. The summed E-state index contributed by atoms with van der Waals surface area (Å²) >= 11 is 6.02. The number of hydrogen-bond donors (Lipinski definition) is 2. The van der Waals surface area contributed by atoms with Gasteiger partial charge in [0, 0.05) is 0 Å². The van der Waals surface area contributed by atoms with Gasteiger partial charge in [-0.2, -0.15) is 0 Å². The summed E-state index contributed by atoms with van der Waals surface area (Å²) in [7, 11) is -3.85. The van der Waals surface area contributed by atoms with Crippen molar-refractivity contribution >= 4 is 38.3 Å². The molecule has 0 saturated carbocycles. The number of imidazole rings is 1. The van der Waals surface area contributed by atoms with Crippen molar-refractivity contribution in [3.63, 3.8) is 0 Å². The van der Waals surface area contributed by atoms with Crippen LogP contribution in [0.2, 0.25) is 5.02 Å². The lowest BCUT2D eigenvalue weighted by Crippen LogP contribution is -2.13. The maximum Gasteiger partial charge on any atom is 0.262 e. The van der Waals surface area contributed by atoms with Crippen molar-refractivity contribution in [2.75, 3.05) is 4.72 Å². The third-order valence-electron chi connectivity index (χ3n) is 4.01. The number of para-hydroxylation sites is 1. The Morgan fingerprint density at radius 1 is 1.00 bits per heavy atom. The molecule has 0 aliphatic heterocycles. The molecule has 0 aliphatic rings. The van der Waals surface area contributed by atoms with Gasteiger partial charge in [-0.1, -0.05) is 35.9 Å². The van der Waals surface area contributed by atoms with Gasteiger partial charge in [-0.25, -0.2) is 17.8 Å². The molecular formula is C19H13ClFN3O2S. The Morgan fingerprint density at radius 3 is 2.52 bits per heavy atom. The molecule has 0 atom stereocenters. The van der Waals surface area contributed by atoms with E-state index in [1.165, 1.54) is 18.2 Å². The minimum absolute atomic E-state index is 0.0292. The number of rotatable bonds is 4. The topological polar surface area (TPSA) is 74.8 Å². The van der Waals surface area contributed by atoms with E-state index in [0.717, 1.165) is 0 Å². The van der Waals surface area contributed by atoms with Crippen molar-refractivity contribution in [2.45, 2.75) is 4.90 Å². The fourth-order valence-electron chi connectivity index (χ4n) is 2.68. The predicted octanol–water partition coefficient (Wildman–Crippen LogP) is 4.82. The number of aromatic amines is 1. The maximum atomic E-state index is 14.0. The van der Waals surface area contributed by atoms with E-state index in [1.807, 2.05) is 0 Å². The van der Waals surface area contributed by atoms with Crippen LogP contribution in [0, 0.1) is 5.82 Å². The monoisotopic (exact) mass is 401 g/mol. The molecule has 5 nitrogen and oxygen atoms in total. The highest BCUT2D eigenvalue weighted by Crippen LogP contribution is 2.27. The Labute approximate surface area is 159 Å². The summed E-state index contributed by atoms with van der Waals surface area (Å²) < 4.78 is 41.8. The minimum Gasteiger partial charge on any atom is -0.338 e. The van der Waals surface area contributed by atoms with Crippen LogP contribution in [0.1, 0.15) is 0 Å². The van der Waals surface area contributed by atoms with Gasteiger partial charge in [0.2, 0.25) is 0 Å². The fourth-order valence-corrected chi connectivity index (χ4v) is 4.02. The predicted molar refractivity (Wildman–Crippen MR) is 104 cm³/mol. The highest BCUT2D eigenvalue weighted by Gasteiger charge is 2.18. The maximum absolute atomic E-state index is 14.0. The SMILES string of the molecule is O=S(=O)(Nc1ccccc1Cl)c1ccc2[nH]c(-c3ccccc3F)nc2c1. The first kappa shape index (κ1) is 17.5. The van der Waals surface area contributed by atoms with Crippen LogP contribution in [0.4, 0.5) is 10.1 Å². The molecule has 1 aromatic heterocycles. The summed E-state index contributed by atoms with van der Waals surface area (Å²) in [5.74, 6) is -0.0819. The number of nitrogens with zero attached hydrogens (tertiary/aromatic N) is 1. The van der Waals surface area contributed by atoms with Crippen LogP contribution in [0.3, 0.4) is 0 Å². The molecule has 0 fully saturated rings. The molecule has 0 bridgehead atoms. The van der Waals surface area contributed by atoms with Gasteiger partial charge in [0.05, 0.1) is 32.2 Å². The minimum atomic E-state index is -3.85. The number of fused-ring (bicyclic) bond motifs is 1. The number of halogens is 2. The molecule has 0 unspecified atom stereocenters. The molecule has 0 aliphatic carbocycles. The van der Waals surface area contributed by atoms with Gasteiger partial charge in [0.1, 0.15) is 11.6 Å². The molecule has 8 heteroatoms. The van der Waals surface area contributed by atoms with Gasteiger partial charge in [0.15, 0.2) is 0 Å². The zero-order chi connectivity index (χ0) is 19.0. The van der Waals surface area contributed by atoms with Gasteiger partial charge in [0.25, 0.3) is 10.0 Å². The van der Waals surface area contributed by atoms with E-state index in [9.17, 15) is 12.8 Å². The van der Waals surface area contributed by atoms with Crippen LogP contribution < -0.4 is 4.72 Å². The van der Waals surface area contributed by atoms with Crippen LogP contribution in [0.25, 0.3) is 22.4 Å². The Kier molecular flexibility index (Phi) is 4.33. The Balaban J connectivity index is 1.73. The molecule has 4 rings (SSSR count). The number of nitrogens with one attached hydrogen (secondary N) is 2. The van der Waals surface area contributed by atoms with E-state index in [4.69, 9.17) is 11.6 Å². The normalized spacial score (nSPS) is 11.6. The number of sulfonamides is 1. The number of aromatic nitrogens is 2. The van der Waals surface area contributed by atoms with Gasteiger partial charge in [-0.15, -0.1) is 0 Å². The van der Waals surface area contributed by atoms with E-state index < -0.39 is 15.8 Å². The number of benzene rings is 3. The number of H-pyrrole nitrogens is 1. The molecule has 0 radical (unpaired) electrons. The number of anilines is 1. The molecule has 136 valence electrons. The second kappa shape index (κ2) is 6.68. The first-order valence-corrected chi connectivity index (χ1v) is 9.82. The average molecular weight is 402 g/mol. The second-order valence-corrected chi connectivity index (χ2v) is 7.92. The third-order valence-corrected chi connectivity index (χ3v) is 5.70. The Morgan fingerprint density at radius 2 is 1.74 bits per heavy atom. The summed E-state index contributed by atoms with van der Waals surface area (Å²) in [6.07, 6.45) is 0.